The molecule has 0 amide bonds. The first-order valence-electron chi connectivity index (χ1n) is 4.03. The van der Waals surface area contributed by atoms with Crippen LogP contribution in [-0.4, -0.2) is 13.2 Å². The number of halogens is 1. The van der Waals surface area contributed by atoms with Crippen LogP contribution in [0.2, 0.25) is 0 Å². The first-order chi connectivity index (χ1) is 6.31. The van der Waals surface area contributed by atoms with E-state index >= 15 is 0 Å². The highest BCUT2D eigenvalue weighted by Crippen LogP contribution is 2.38. The third-order valence-electron chi connectivity index (χ3n) is 1.85. The van der Waals surface area contributed by atoms with Gasteiger partial charge in [0.15, 0.2) is 11.5 Å². The number of fused-ring (bicyclic) bond motifs is 1. The van der Waals surface area contributed by atoms with E-state index in [9.17, 15) is 0 Å². The predicted octanol–water partition coefficient (Wildman–Crippen LogP) is 2.86. The molecule has 1 aromatic carbocycles. The molecular formula is C10H9BrO2. The van der Waals surface area contributed by atoms with Crippen LogP contribution in [-0.2, 0) is 0 Å². The standard InChI is InChI=1S/C10H9BrO2/c1-2-7-5-8(11)10-9(6-7)12-3-4-13-10/h2,5-6H,1,3-4H2. The van der Waals surface area contributed by atoms with Gasteiger partial charge in [-0.25, -0.2) is 0 Å². The fourth-order valence-corrected chi connectivity index (χ4v) is 1.82. The van der Waals surface area contributed by atoms with Crippen LogP contribution in [0, 0.1) is 0 Å². The first kappa shape index (κ1) is 8.63. The third-order valence-corrected chi connectivity index (χ3v) is 2.44. The van der Waals surface area contributed by atoms with Gasteiger partial charge in [0, 0.05) is 0 Å². The number of hydrogen-bond donors (Lipinski definition) is 0. The molecule has 13 heavy (non-hydrogen) atoms. The van der Waals surface area contributed by atoms with Crippen LogP contribution in [0.5, 0.6) is 11.5 Å². The predicted molar refractivity (Wildman–Crippen MR) is 55.2 cm³/mol. The van der Waals surface area contributed by atoms with Crippen molar-refractivity contribution in [2.24, 2.45) is 0 Å². The van der Waals surface area contributed by atoms with Gasteiger partial charge in [-0.05, 0) is 33.6 Å². The van der Waals surface area contributed by atoms with Crippen molar-refractivity contribution < 1.29 is 9.47 Å². The molecule has 1 aliphatic heterocycles. The van der Waals surface area contributed by atoms with E-state index in [4.69, 9.17) is 9.47 Å². The largest absolute Gasteiger partial charge is 0.486 e. The van der Waals surface area contributed by atoms with Crippen LogP contribution in [0.15, 0.2) is 23.2 Å². The van der Waals surface area contributed by atoms with Crippen molar-refractivity contribution in [1.82, 2.24) is 0 Å². The van der Waals surface area contributed by atoms with Crippen molar-refractivity contribution in [3.8, 4) is 11.5 Å². The molecule has 2 nitrogen and oxygen atoms in total. The summed E-state index contributed by atoms with van der Waals surface area (Å²) in [5.74, 6) is 1.58. The molecule has 0 aliphatic carbocycles. The zero-order valence-corrected chi connectivity index (χ0v) is 8.63. The van der Waals surface area contributed by atoms with E-state index in [-0.39, 0.29) is 0 Å². The molecule has 68 valence electrons. The lowest BCUT2D eigenvalue weighted by Gasteiger charge is -2.19. The Hall–Kier alpha value is -0.960. The number of hydrogen-bond acceptors (Lipinski definition) is 2. The minimum atomic E-state index is 0.610. The second-order valence-corrected chi connectivity index (χ2v) is 3.59. The molecule has 0 unspecified atom stereocenters. The Kier molecular flexibility index (Phi) is 2.27. The van der Waals surface area contributed by atoms with E-state index in [2.05, 4.69) is 22.5 Å². The molecule has 0 fully saturated rings. The van der Waals surface area contributed by atoms with Crippen LogP contribution < -0.4 is 9.47 Å². The molecule has 1 aliphatic rings. The van der Waals surface area contributed by atoms with Gasteiger partial charge in [0.05, 0.1) is 4.47 Å². The minimum Gasteiger partial charge on any atom is -0.486 e. The monoisotopic (exact) mass is 240 g/mol. The van der Waals surface area contributed by atoms with Crippen molar-refractivity contribution in [2.45, 2.75) is 0 Å². The Balaban J connectivity index is 2.52. The van der Waals surface area contributed by atoms with Gasteiger partial charge in [-0.3, -0.25) is 0 Å². The molecule has 0 atom stereocenters. The summed E-state index contributed by atoms with van der Waals surface area (Å²) in [6.07, 6.45) is 1.78. The van der Waals surface area contributed by atoms with Gasteiger partial charge in [0.25, 0.3) is 0 Å². The highest BCUT2D eigenvalue weighted by atomic mass is 79.9. The minimum absolute atomic E-state index is 0.610. The summed E-state index contributed by atoms with van der Waals surface area (Å²) in [5, 5.41) is 0. The number of ether oxygens (including phenoxy) is 2. The van der Waals surface area contributed by atoms with Crippen LogP contribution in [0.1, 0.15) is 5.56 Å². The lowest BCUT2D eigenvalue weighted by molar-refractivity contribution is 0.170. The maximum Gasteiger partial charge on any atom is 0.175 e. The maximum absolute atomic E-state index is 5.45. The lowest BCUT2D eigenvalue weighted by atomic mass is 10.2. The Morgan fingerprint density at radius 1 is 1.31 bits per heavy atom. The molecule has 0 spiro atoms. The fourth-order valence-electron chi connectivity index (χ4n) is 1.25. The average Bonchev–Trinajstić information content (AvgIpc) is 2.18. The molecule has 0 saturated carbocycles. The van der Waals surface area contributed by atoms with Crippen molar-refractivity contribution in [3.05, 3.63) is 28.7 Å². The van der Waals surface area contributed by atoms with Gasteiger partial charge in [-0.15, -0.1) is 0 Å². The molecule has 2 rings (SSSR count). The second-order valence-electron chi connectivity index (χ2n) is 2.73. The van der Waals surface area contributed by atoms with Crippen molar-refractivity contribution >= 4 is 22.0 Å². The Morgan fingerprint density at radius 2 is 2.08 bits per heavy atom. The maximum atomic E-state index is 5.45. The van der Waals surface area contributed by atoms with Gasteiger partial charge < -0.3 is 9.47 Å². The summed E-state index contributed by atoms with van der Waals surface area (Å²) in [6, 6.07) is 3.88. The van der Waals surface area contributed by atoms with Gasteiger partial charge in [0.1, 0.15) is 13.2 Å². The lowest BCUT2D eigenvalue weighted by Crippen LogP contribution is -2.15. The van der Waals surface area contributed by atoms with E-state index in [0.29, 0.717) is 13.2 Å². The van der Waals surface area contributed by atoms with Crippen molar-refractivity contribution in [3.63, 3.8) is 0 Å². The zero-order chi connectivity index (χ0) is 9.26. The van der Waals surface area contributed by atoms with Gasteiger partial charge >= 0.3 is 0 Å². The normalized spacial score (nSPS) is 13.9. The van der Waals surface area contributed by atoms with Crippen LogP contribution in [0.3, 0.4) is 0 Å². The average molecular weight is 241 g/mol. The summed E-state index contributed by atoms with van der Waals surface area (Å²) in [6.45, 7) is 4.93. The third kappa shape index (κ3) is 1.56. The van der Waals surface area contributed by atoms with E-state index in [1.54, 1.807) is 6.08 Å². The first-order valence-corrected chi connectivity index (χ1v) is 4.82. The fraction of sp³-hybridized carbons (Fsp3) is 0.200. The van der Waals surface area contributed by atoms with Gasteiger partial charge in [-0.1, -0.05) is 12.7 Å². The SMILES string of the molecule is C=Cc1cc(Br)c2c(c1)OCCO2. The molecule has 1 aromatic rings. The van der Waals surface area contributed by atoms with E-state index in [0.717, 1.165) is 21.5 Å². The zero-order valence-electron chi connectivity index (χ0n) is 7.05. The van der Waals surface area contributed by atoms with E-state index in [1.807, 2.05) is 12.1 Å². The summed E-state index contributed by atoms with van der Waals surface area (Å²) in [5.41, 5.74) is 1.02. The van der Waals surface area contributed by atoms with E-state index in [1.165, 1.54) is 0 Å². The van der Waals surface area contributed by atoms with Crippen molar-refractivity contribution in [2.75, 3.05) is 13.2 Å². The van der Waals surface area contributed by atoms with Gasteiger partial charge in [0.2, 0.25) is 0 Å². The highest BCUT2D eigenvalue weighted by Gasteiger charge is 2.15. The van der Waals surface area contributed by atoms with E-state index < -0.39 is 0 Å². The Bertz CT molecular complexity index is 347. The molecule has 0 saturated heterocycles. The summed E-state index contributed by atoms with van der Waals surface area (Å²) >= 11 is 3.42. The molecule has 0 aromatic heterocycles. The topological polar surface area (TPSA) is 18.5 Å². The highest BCUT2D eigenvalue weighted by molar-refractivity contribution is 9.10. The summed E-state index contributed by atoms with van der Waals surface area (Å²) < 4.78 is 11.8. The molecule has 0 bridgehead atoms. The summed E-state index contributed by atoms with van der Waals surface area (Å²) in [4.78, 5) is 0. The van der Waals surface area contributed by atoms with Gasteiger partial charge in [-0.2, -0.15) is 0 Å². The van der Waals surface area contributed by atoms with Crippen molar-refractivity contribution in [1.29, 1.82) is 0 Å². The Morgan fingerprint density at radius 3 is 2.85 bits per heavy atom. The van der Waals surface area contributed by atoms with Crippen LogP contribution >= 0.6 is 15.9 Å². The van der Waals surface area contributed by atoms with Crippen LogP contribution in [0.25, 0.3) is 6.08 Å². The smallest absolute Gasteiger partial charge is 0.175 e. The molecular weight excluding hydrogens is 232 g/mol. The second kappa shape index (κ2) is 3.42. The quantitative estimate of drug-likeness (QED) is 0.752. The molecule has 1 heterocycles. The molecule has 3 heteroatoms. The number of rotatable bonds is 1. The molecule has 0 radical (unpaired) electrons. The Labute approximate surface area is 85.3 Å². The van der Waals surface area contributed by atoms with Crippen LogP contribution in [0.4, 0.5) is 0 Å². The molecule has 0 N–H and O–H groups in total. The summed E-state index contributed by atoms with van der Waals surface area (Å²) in [7, 11) is 0. The number of benzene rings is 1.